The fraction of sp³-hybridized carbons (Fsp3) is 0.0588. The lowest BCUT2D eigenvalue weighted by Gasteiger charge is -2.35. The zero-order chi connectivity index (χ0) is 46.4. The van der Waals surface area contributed by atoms with E-state index in [0.29, 0.717) is 6.42 Å². The van der Waals surface area contributed by atoms with Gasteiger partial charge in [0.15, 0.2) is 0 Å². The number of fused-ring (bicyclic) bond motifs is 6. The Balaban J connectivity index is 0.942. The topological polar surface area (TPSA) is 8.17 Å². The summed E-state index contributed by atoms with van der Waals surface area (Å²) in [6, 6.07) is 82.6. The molecular formula is C68H48N2. The molecule has 1 heterocycles. The molecule has 0 saturated heterocycles. The summed E-state index contributed by atoms with van der Waals surface area (Å²) in [5.74, 6) is 6.61. The summed E-state index contributed by atoms with van der Waals surface area (Å²) in [6.07, 6.45) is 14.1. The van der Waals surface area contributed by atoms with Crippen molar-refractivity contribution < 1.29 is 0 Å². The van der Waals surface area contributed by atoms with Gasteiger partial charge in [-0.25, -0.2) is 0 Å². The standard InChI is InChI=1S/C68H48N2/c1-2-9-26-54(25-8-1)68(55-27-10-4-11-28-55)64-34-16-14-32-60(64)61-42-41-59(47-65(61)68)69(57-39-36-49(37-40-57)48-20-6-3-7-21-48)58-31-19-24-52(45-58)50-22-18-23-51(44-50)53-38-43-67-63(46-53)62-33-15-17-35-66(62)70(67)56-29-12-5-13-30-56/h3-8,10-17,19-21,23-47H,9,18,22H2. The monoisotopic (exact) mass is 892 g/mol. The quantitative estimate of drug-likeness (QED) is 0.131. The average Bonchev–Trinajstić information content (AvgIpc) is 3.76. The van der Waals surface area contributed by atoms with Crippen molar-refractivity contribution in [3.8, 4) is 39.8 Å². The van der Waals surface area contributed by atoms with Crippen molar-refractivity contribution in [2.75, 3.05) is 4.90 Å². The number of benzene rings is 9. The van der Waals surface area contributed by atoms with Crippen LogP contribution in [0.2, 0.25) is 0 Å². The van der Waals surface area contributed by atoms with Gasteiger partial charge in [-0.3, -0.25) is 0 Å². The molecule has 70 heavy (non-hydrogen) atoms. The predicted octanol–water partition coefficient (Wildman–Crippen LogP) is 17.4. The van der Waals surface area contributed by atoms with Crippen LogP contribution in [0.3, 0.4) is 0 Å². The Hall–Kier alpha value is -8.90. The van der Waals surface area contributed by atoms with E-state index < -0.39 is 5.41 Å². The second-order valence-corrected chi connectivity index (χ2v) is 18.5. The SMILES string of the molecule is C1#CCC=C(C2(c3ccccc3)c3ccccc3-c3ccc(N(c4ccc(-c5ccccc5)cc4)c4cccc(C5=CC(c6ccc7c(c6)c6ccccc6n7-c6ccccc6)=CCC5)c4)cc32)C=C1. The van der Waals surface area contributed by atoms with Gasteiger partial charge in [0, 0.05) is 39.9 Å². The van der Waals surface area contributed by atoms with E-state index in [1.165, 1.54) is 94.3 Å². The molecule has 0 saturated carbocycles. The lowest BCUT2D eigenvalue weighted by molar-refractivity contribution is 0.764. The molecule has 2 nitrogen and oxygen atoms in total. The lowest BCUT2D eigenvalue weighted by Crippen LogP contribution is -2.29. The van der Waals surface area contributed by atoms with E-state index in [4.69, 9.17) is 0 Å². The molecule has 330 valence electrons. The molecule has 9 aromatic carbocycles. The minimum atomic E-state index is -0.548. The normalized spacial score (nSPS) is 15.8. The highest BCUT2D eigenvalue weighted by Crippen LogP contribution is 2.58. The molecule has 3 aliphatic rings. The van der Waals surface area contributed by atoms with E-state index in [2.05, 4.69) is 270 Å². The van der Waals surface area contributed by atoms with E-state index in [1.807, 2.05) is 6.08 Å². The Morgan fingerprint density at radius 3 is 2.00 bits per heavy atom. The number of anilines is 3. The fourth-order valence-corrected chi connectivity index (χ4v) is 11.5. The molecule has 0 bridgehead atoms. The molecule has 0 aliphatic heterocycles. The third-order valence-electron chi connectivity index (χ3n) is 14.6. The maximum atomic E-state index is 3.34. The summed E-state index contributed by atoms with van der Waals surface area (Å²) in [6.45, 7) is 0. The fourth-order valence-electron chi connectivity index (χ4n) is 11.5. The molecular weight excluding hydrogens is 845 g/mol. The second-order valence-electron chi connectivity index (χ2n) is 18.5. The molecule has 2 heteroatoms. The Kier molecular flexibility index (Phi) is 10.2. The van der Waals surface area contributed by atoms with Crippen LogP contribution < -0.4 is 4.90 Å². The van der Waals surface area contributed by atoms with Gasteiger partial charge < -0.3 is 9.47 Å². The molecule has 0 N–H and O–H groups in total. The smallest absolute Gasteiger partial charge is 0.0711 e. The largest absolute Gasteiger partial charge is 0.310 e. The van der Waals surface area contributed by atoms with Crippen LogP contribution in [0.4, 0.5) is 17.1 Å². The van der Waals surface area contributed by atoms with Gasteiger partial charge in [-0.2, -0.15) is 0 Å². The van der Waals surface area contributed by atoms with Gasteiger partial charge in [0.1, 0.15) is 0 Å². The van der Waals surface area contributed by atoms with Crippen LogP contribution in [0.25, 0.3) is 60.9 Å². The van der Waals surface area contributed by atoms with E-state index in [1.54, 1.807) is 0 Å². The van der Waals surface area contributed by atoms with Crippen molar-refractivity contribution >= 4 is 50.0 Å². The van der Waals surface area contributed by atoms with E-state index in [0.717, 1.165) is 29.9 Å². The Labute approximate surface area is 410 Å². The van der Waals surface area contributed by atoms with Gasteiger partial charge in [0.05, 0.1) is 16.4 Å². The van der Waals surface area contributed by atoms with Gasteiger partial charge in [-0.15, -0.1) is 0 Å². The number of nitrogens with zero attached hydrogens (tertiary/aromatic N) is 2. The molecule has 13 rings (SSSR count). The molecule has 0 fully saturated rings. The molecule has 1 atom stereocenters. The summed E-state index contributed by atoms with van der Waals surface area (Å²) in [4.78, 5) is 2.45. The molecule has 0 spiro atoms. The first-order chi connectivity index (χ1) is 34.7. The van der Waals surface area contributed by atoms with Gasteiger partial charge in [-0.1, -0.05) is 188 Å². The van der Waals surface area contributed by atoms with Gasteiger partial charge in [0.2, 0.25) is 0 Å². The number of aromatic nitrogens is 1. The average molecular weight is 893 g/mol. The highest BCUT2D eigenvalue weighted by molar-refractivity contribution is 6.10. The van der Waals surface area contributed by atoms with Gasteiger partial charge in [-0.05, 0) is 159 Å². The highest BCUT2D eigenvalue weighted by Gasteiger charge is 2.47. The van der Waals surface area contributed by atoms with Crippen LogP contribution >= 0.6 is 0 Å². The van der Waals surface area contributed by atoms with Crippen LogP contribution in [-0.2, 0) is 5.41 Å². The van der Waals surface area contributed by atoms with Crippen LogP contribution in [0.5, 0.6) is 0 Å². The summed E-state index contributed by atoms with van der Waals surface area (Å²) >= 11 is 0. The van der Waals surface area contributed by atoms with E-state index in [-0.39, 0.29) is 0 Å². The third-order valence-corrected chi connectivity index (χ3v) is 14.6. The summed E-state index contributed by atoms with van der Waals surface area (Å²) in [7, 11) is 0. The minimum Gasteiger partial charge on any atom is -0.310 e. The molecule has 3 aliphatic carbocycles. The second kappa shape index (κ2) is 17.3. The number of hydrogen-bond donors (Lipinski definition) is 0. The first-order valence-electron chi connectivity index (χ1n) is 24.4. The molecule has 1 unspecified atom stereocenters. The Morgan fingerprint density at radius 1 is 0.471 bits per heavy atom. The Morgan fingerprint density at radius 2 is 1.14 bits per heavy atom. The van der Waals surface area contributed by atoms with Crippen molar-refractivity contribution in [3.05, 3.63) is 288 Å². The predicted molar refractivity (Wildman–Crippen MR) is 294 cm³/mol. The first-order valence-corrected chi connectivity index (χ1v) is 24.4. The lowest BCUT2D eigenvalue weighted by atomic mass is 9.67. The van der Waals surface area contributed by atoms with Crippen molar-refractivity contribution in [3.63, 3.8) is 0 Å². The van der Waals surface area contributed by atoms with Gasteiger partial charge in [0.25, 0.3) is 0 Å². The minimum absolute atomic E-state index is 0.548. The maximum absolute atomic E-state index is 3.34. The first kappa shape index (κ1) is 41.3. The van der Waals surface area contributed by atoms with Crippen molar-refractivity contribution in [2.24, 2.45) is 0 Å². The summed E-state index contributed by atoms with van der Waals surface area (Å²) in [5.41, 5.74) is 21.4. The van der Waals surface area contributed by atoms with E-state index in [9.17, 15) is 0 Å². The third kappa shape index (κ3) is 6.89. The zero-order valence-electron chi connectivity index (χ0n) is 38.8. The number of allylic oxidation sites excluding steroid dienone is 8. The van der Waals surface area contributed by atoms with Crippen LogP contribution in [0.15, 0.2) is 260 Å². The van der Waals surface area contributed by atoms with Gasteiger partial charge >= 0.3 is 0 Å². The number of rotatable bonds is 9. The zero-order valence-corrected chi connectivity index (χ0v) is 38.8. The molecule has 1 aromatic heterocycles. The number of para-hydroxylation sites is 2. The summed E-state index contributed by atoms with van der Waals surface area (Å²) < 4.78 is 2.39. The highest BCUT2D eigenvalue weighted by atomic mass is 15.1. The summed E-state index contributed by atoms with van der Waals surface area (Å²) in [5, 5.41) is 2.53. The molecule has 10 aromatic rings. The molecule has 0 amide bonds. The van der Waals surface area contributed by atoms with Crippen molar-refractivity contribution in [1.82, 2.24) is 4.57 Å². The Bertz CT molecular complexity index is 3840. The number of hydrogen-bond acceptors (Lipinski definition) is 1. The van der Waals surface area contributed by atoms with Crippen LogP contribution in [-0.4, -0.2) is 4.57 Å². The molecule has 0 radical (unpaired) electrons. The van der Waals surface area contributed by atoms with E-state index >= 15 is 0 Å². The maximum Gasteiger partial charge on any atom is 0.0711 e. The van der Waals surface area contributed by atoms with Crippen LogP contribution in [0, 0.1) is 11.8 Å². The van der Waals surface area contributed by atoms with Crippen molar-refractivity contribution in [2.45, 2.75) is 24.7 Å². The van der Waals surface area contributed by atoms with Crippen molar-refractivity contribution in [1.29, 1.82) is 0 Å². The van der Waals surface area contributed by atoms with Crippen LogP contribution in [0.1, 0.15) is 47.1 Å².